The number of aromatic nitrogens is 1. The number of halogens is 2. The molecule has 0 bridgehead atoms. The van der Waals surface area contributed by atoms with E-state index in [-0.39, 0.29) is 10.9 Å². The summed E-state index contributed by atoms with van der Waals surface area (Å²) in [4.78, 5) is 4.19. The second-order valence-corrected chi connectivity index (χ2v) is 5.35. The molecule has 0 aliphatic carbocycles. The van der Waals surface area contributed by atoms with E-state index in [1.165, 1.54) is 0 Å². The van der Waals surface area contributed by atoms with Gasteiger partial charge in [0, 0.05) is 23.0 Å². The number of aryl methyl sites for hydroxylation is 1. The summed E-state index contributed by atoms with van der Waals surface area (Å²) in [5.74, 6) is -0.957. The van der Waals surface area contributed by atoms with Gasteiger partial charge in [0.15, 0.2) is 0 Å². The van der Waals surface area contributed by atoms with Gasteiger partial charge in [-0.25, -0.2) is 13.8 Å². The monoisotopic (exact) mass is 250 g/mol. The molecule has 1 heterocycles. The van der Waals surface area contributed by atoms with Gasteiger partial charge in [-0.15, -0.1) is 0 Å². The molecule has 0 saturated carbocycles. The summed E-state index contributed by atoms with van der Waals surface area (Å²) in [5.41, 5.74) is 6.92. The topological polar surface area (TPSA) is 38.9 Å². The first-order valence-electron chi connectivity index (χ1n) is 5.81. The first kappa shape index (κ1) is 12.9. The minimum absolute atomic E-state index is 0.0780. The van der Waals surface area contributed by atoms with Crippen molar-refractivity contribution < 1.29 is 8.78 Å². The highest BCUT2D eigenvalue weighted by Gasteiger charge is 2.16. The Bertz CT molecular complexity index is 601. The molecule has 2 nitrogen and oxygen atoms in total. The van der Waals surface area contributed by atoms with Crippen molar-refractivity contribution in [1.82, 2.24) is 4.98 Å². The number of rotatable bonds is 2. The Morgan fingerprint density at radius 2 is 1.83 bits per heavy atom. The molecule has 0 aliphatic heterocycles. The molecule has 0 saturated heterocycles. The lowest BCUT2D eigenvalue weighted by Gasteiger charge is -2.18. The quantitative estimate of drug-likeness (QED) is 0.889. The van der Waals surface area contributed by atoms with E-state index in [4.69, 9.17) is 5.73 Å². The Kier molecular flexibility index (Phi) is 3.07. The van der Waals surface area contributed by atoms with Crippen LogP contribution in [0.1, 0.15) is 25.1 Å². The van der Waals surface area contributed by atoms with Gasteiger partial charge >= 0.3 is 0 Å². The van der Waals surface area contributed by atoms with Gasteiger partial charge in [0.05, 0.1) is 0 Å². The Balaban J connectivity index is 2.65. The zero-order valence-corrected chi connectivity index (χ0v) is 10.7. The summed E-state index contributed by atoms with van der Waals surface area (Å²) in [6.07, 6.45) is 0.514. The molecule has 2 N–H and O–H groups in total. The molecule has 18 heavy (non-hydrogen) atoms. The highest BCUT2D eigenvalue weighted by Crippen LogP contribution is 2.24. The molecule has 96 valence electrons. The van der Waals surface area contributed by atoms with E-state index in [9.17, 15) is 8.78 Å². The van der Waals surface area contributed by atoms with Crippen LogP contribution in [-0.2, 0) is 6.42 Å². The molecule has 2 aromatic rings. The molecule has 0 radical (unpaired) electrons. The third-order valence-corrected chi connectivity index (χ3v) is 2.75. The van der Waals surface area contributed by atoms with E-state index >= 15 is 0 Å². The van der Waals surface area contributed by atoms with Crippen LogP contribution in [0.3, 0.4) is 0 Å². The van der Waals surface area contributed by atoms with Gasteiger partial charge in [-0.2, -0.15) is 0 Å². The van der Waals surface area contributed by atoms with Crippen molar-refractivity contribution in [3.63, 3.8) is 0 Å². The van der Waals surface area contributed by atoms with Crippen molar-refractivity contribution in [3.8, 4) is 0 Å². The standard InChI is InChI=1S/C14H16F2N2/c1-8-6-9(7-14(2,3)17)18-13-11(16)5-4-10(15)12(8)13/h4-6H,7,17H2,1-3H3. The predicted octanol–water partition coefficient (Wildman–Crippen LogP) is 3.10. The van der Waals surface area contributed by atoms with E-state index in [0.717, 1.165) is 12.1 Å². The number of benzene rings is 1. The second kappa shape index (κ2) is 4.28. The number of hydrogen-bond donors (Lipinski definition) is 1. The zero-order valence-electron chi connectivity index (χ0n) is 10.7. The average Bonchev–Trinajstić information content (AvgIpc) is 2.20. The first-order valence-corrected chi connectivity index (χ1v) is 5.81. The second-order valence-electron chi connectivity index (χ2n) is 5.35. The van der Waals surface area contributed by atoms with Crippen molar-refractivity contribution in [1.29, 1.82) is 0 Å². The first-order chi connectivity index (χ1) is 8.28. The van der Waals surface area contributed by atoms with Crippen LogP contribution in [0.4, 0.5) is 8.78 Å². The van der Waals surface area contributed by atoms with Crippen LogP contribution < -0.4 is 5.73 Å². The maximum absolute atomic E-state index is 13.7. The molecule has 0 unspecified atom stereocenters. The van der Waals surface area contributed by atoms with Crippen molar-refractivity contribution in [2.75, 3.05) is 0 Å². The predicted molar refractivity (Wildman–Crippen MR) is 68.4 cm³/mol. The normalized spacial score (nSPS) is 12.1. The Hall–Kier alpha value is -1.55. The molecular formula is C14H16F2N2. The van der Waals surface area contributed by atoms with Crippen LogP contribution in [0.25, 0.3) is 10.9 Å². The van der Waals surface area contributed by atoms with E-state index in [1.807, 2.05) is 13.8 Å². The van der Waals surface area contributed by atoms with E-state index in [2.05, 4.69) is 4.98 Å². The minimum atomic E-state index is -0.508. The molecule has 1 aromatic carbocycles. The summed E-state index contributed by atoms with van der Waals surface area (Å²) in [7, 11) is 0. The van der Waals surface area contributed by atoms with Crippen molar-refractivity contribution >= 4 is 10.9 Å². The lowest BCUT2D eigenvalue weighted by atomic mass is 9.97. The molecule has 4 heteroatoms. The molecule has 0 spiro atoms. The molecule has 0 aliphatic rings. The van der Waals surface area contributed by atoms with Crippen LogP contribution in [0, 0.1) is 18.6 Å². The van der Waals surface area contributed by atoms with Crippen LogP contribution in [0.15, 0.2) is 18.2 Å². The maximum atomic E-state index is 13.7. The summed E-state index contributed by atoms with van der Waals surface area (Å²) < 4.78 is 27.4. The Labute approximate surface area is 105 Å². The lowest BCUT2D eigenvalue weighted by molar-refractivity contribution is 0.510. The third kappa shape index (κ3) is 2.48. The van der Waals surface area contributed by atoms with Crippen molar-refractivity contribution in [2.24, 2.45) is 5.73 Å². The van der Waals surface area contributed by atoms with Gasteiger partial charge in [0.25, 0.3) is 0 Å². The van der Waals surface area contributed by atoms with Crippen molar-refractivity contribution in [3.05, 3.63) is 41.1 Å². The maximum Gasteiger partial charge on any atom is 0.149 e. The minimum Gasteiger partial charge on any atom is -0.325 e. The fourth-order valence-electron chi connectivity index (χ4n) is 2.08. The van der Waals surface area contributed by atoms with Crippen LogP contribution >= 0.6 is 0 Å². The van der Waals surface area contributed by atoms with E-state index in [0.29, 0.717) is 17.7 Å². The SMILES string of the molecule is Cc1cc(CC(C)(C)N)nc2c(F)ccc(F)c12. The summed E-state index contributed by atoms with van der Waals surface area (Å²) in [6.45, 7) is 5.49. The molecular weight excluding hydrogens is 234 g/mol. The molecule has 0 atom stereocenters. The smallest absolute Gasteiger partial charge is 0.149 e. The van der Waals surface area contributed by atoms with Gasteiger partial charge in [-0.1, -0.05) is 0 Å². The Morgan fingerprint density at radius 3 is 2.44 bits per heavy atom. The van der Waals surface area contributed by atoms with Gasteiger partial charge in [-0.05, 0) is 44.5 Å². The van der Waals surface area contributed by atoms with Gasteiger partial charge in [0.1, 0.15) is 17.2 Å². The highest BCUT2D eigenvalue weighted by atomic mass is 19.1. The summed E-state index contributed by atoms with van der Waals surface area (Å²) in [5, 5.41) is 0.244. The third-order valence-electron chi connectivity index (χ3n) is 2.75. The van der Waals surface area contributed by atoms with Crippen LogP contribution in [-0.4, -0.2) is 10.5 Å². The lowest BCUT2D eigenvalue weighted by Crippen LogP contribution is -2.34. The summed E-state index contributed by atoms with van der Waals surface area (Å²) >= 11 is 0. The van der Waals surface area contributed by atoms with E-state index < -0.39 is 17.2 Å². The number of hydrogen-bond acceptors (Lipinski definition) is 2. The fourth-order valence-corrected chi connectivity index (χ4v) is 2.08. The molecule has 1 aromatic heterocycles. The number of pyridine rings is 1. The largest absolute Gasteiger partial charge is 0.325 e. The highest BCUT2D eigenvalue weighted by molar-refractivity contribution is 5.83. The summed E-state index contributed by atoms with van der Waals surface area (Å²) in [6, 6.07) is 3.99. The van der Waals surface area contributed by atoms with Gasteiger partial charge in [-0.3, -0.25) is 0 Å². The van der Waals surface area contributed by atoms with Gasteiger partial charge < -0.3 is 5.73 Å². The fraction of sp³-hybridized carbons (Fsp3) is 0.357. The van der Waals surface area contributed by atoms with Crippen LogP contribution in [0.5, 0.6) is 0 Å². The number of nitrogens with zero attached hydrogens (tertiary/aromatic N) is 1. The number of fused-ring (bicyclic) bond motifs is 1. The van der Waals surface area contributed by atoms with Crippen molar-refractivity contribution in [2.45, 2.75) is 32.7 Å². The molecule has 0 amide bonds. The zero-order chi connectivity index (χ0) is 13.5. The van der Waals surface area contributed by atoms with E-state index in [1.54, 1.807) is 13.0 Å². The van der Waals surface area contributed by atoms with Gasteiger partial charge in [0.2, 0.25) is 0 Å². The number of nitrogens with two attached hydrogens (primary N) is 1. The molecule has 0 fully saturated rings. The Morgan fingerprint density at radius 1 is 1.22 bits per heavy atom. The van der Waals surface area contributed by atoms with Crippen LogP contribution in [0.2, 0.25) is 0 Å². The average molecular weight is 250 g/mol. The molecule has 2 rings (SSSR count).